The van der Waals surface area contributed by atoms with Crippen molar-refractivity contribution < 1.29 is 9.47 Å². The smallest absolute Gasteiger partial charge is 0.138 e. The molecule has 0 N–H and O–H groups in total. The summed E-state index contributed by atoms with van der Waals surface area (Å²) in [6, 6.07) is 8.24. The van der Waals surface area contributed by atoms with Gasteiger partial charge in [-0.05, 0) is 37.5 Å². The van der Waals surface area contributed by atoms with Crippen LogP contribution in [0.15, 0.2) is 18.2 Å². The minimum atomic E-state index is 0.218. The van der Waals surface area contributed by atoms with Gasteiger partial charge >= 0.3 is 0 Å². The Balaban J connectivity index is 1.84. The fourth-order valence-corrected chi connectivity index (χ4v) is 1.80. The van der Waals surface area contributed by atoms with Gasteiger partial charge in [-0.15, -0.1) is 0 Å². The fraction of sp³-hybridized carbons (Fsp3) is 0.500. The number of ether oxygens (including phenoxy) is 2. The van der Waals surface area contributed by atoms with Crippen LogP contribution in [-0.4, -0.2) is 19.3 Å². The normalized spacial score (nSPS) is 21.3. The van der Waals surface area contributed by atoms with Crippen LogP contribution in [0.3, 0.4) is 0 Å². The molecule has 1 unspecified atom stereocenters. The molecular formula is C12H14ClO2. The van der Waals surface area contributed by atoms with Crippen LogP contribution in [0.5, 0.6) is 5.75 Å². The fourth-order valence-electron chi connectivity index (χ4n) is 1.63. The van der Waals surface area contributed by atoms with E-state index >= 15 is 0 Å². The van der Waals surface area contributed by atoms with Gasteiger partial charge in [-0.25, -0.2) is 0 Å². The Bertz CT molecular complexity index is 308. The molecule has 81 valence electrons. The first kappa shape index (κ1) is 10.8. The largest absolute Gasteiger partial charge is 0.489 e. The highest BCUT2D eigenvalue weighted by Crippen LogP contribution is 2.24. The Kier molecular flexibility index (Phi) is 3.87. The summed E-state index contributed by atoms with van der Waals surface area (Å²) in [5.41, 5.74) is 0. The molecule has 1 fully saturated rings. The van der Waals surface area contributed by atoms with Gasteiger partial charge in [0.2, 0.25) is 0 Å². The molecular weight excluding hydrogens is 212 g/mol. The number of rotatable bonds is 3. The molecule has 2 nitrogen and oxygen atoms in total. The van der Waals surface area contributed by atoms with E-state index in [1.165, 1.54) is 6.42 Å². The molecule has 2 rings (SSSR count). The molecule has 0 bridgehead atoms. The van der Waals surface area contributed by atoms with Crippen LogP contribution in [0.2, 0.25) is 5.02 Å². The molecule has 1 heterocycles. The van der Waals surface area contributed by atoms with E-state index in [4.69, 9.17) is 21.1 Å². The molecule has 0 aliphatic carbocycles. The van der Waals surface area contributed by atoms with Crippen molar-refractivity contribution in [3.63, 3.8) is 0 Å². The lowest BCUT2D eigenvalue weighted by Gasteiger charge is -2.22. The second kappa shape index (κ2) is 5.38. The minimum Gasteiger partial charge on any atom is -0.489 e. The topological polar surface area (TPSA) is 18.5 Å². The summed E-state index contributed by atoms with van der Waals surface area (Å²) in [7, 11) is 0. The molecule has 0 amide bonds. The lowest BCUT2D eigenvalue weighted by atomic mass is 10.1. The third kappa shape index (κ3) is 3.11. The summed E-state index contributed by atoms with van der Waals surface area (Å²) < 4.78 is 11.1. The zero-order valence-electron chi connectivity index (χ0n) is 8.54. The van der Waals surface area contributed by atoms with Gasteiger partial charge in [0.1, 0.15) is 12.4 Å². The highest BCUT2D eigenvalue weighted by atomic mass is 35.5. The van der Waals surface area contributed by atoms with Crippen LogP contribution in [0.25, 0.3) is 0 Å². The van der Waals surface area contributed by atoms with E-state index in [9.17, 15) is 0 Å². The summed E-state index contributed by atoms with van der Waals surface area (Å²) in [5.74, 6) is 0.688. The molecule has 0 saturated carbocycles. The second-order valence-corrected chi connectivity index (χ2v) is 4.06. The lowest BCUT2D eigenvalue weighted by molar-refractivity contribution is -0.0110. The average molecular weight is 226 g/mol. The Morgan fingerprint density at radius 3 is 3.20 bits per heavy atom. The van der Waals surface area contributed by atoms with Gasteiger partial charge in [0.05, 0.1) is 11.1 Å². The Labute approximate surface area is 95.1 Å². The zero-order valence-corrected chi connectivity index (χ0v) is 9.30. The second-order valence-electron chi connectivity index (χ2n) is 3.66. The monoisotopic (exact) mass is 225 g/mol. The van der Waals surface area contributed by atoms with Crippen LogP contribution in [-0.2, 0) is 4.74 Å². The van der Waals surface area contributed by atoms with Crippen molar-refractivity contribution >= 4 is 11.6 Å². The highest BCUT2D eigenvalue weighted by molar-refractivity contribution is 6.32. The van der Waals surface area contributed by atoms with Gasteiger partial charge in [-0.2, -0.15) is 0 Å². The first-order chi connectivity index (χ1) is 7.36. The van der Waals surface area contributed by atoms with Crippen molar-refractivity contribution in [1.82, 2.24) is 0 Å². The molecule has 1 saturated heterocycles. The van der Waals surface area contributed by atoms with E-state index in [-0.39, 0.29) is 6.10 Å². The number of hydrogen-bond donors (Lipinski definition) is 0. The number of hydrogen-bond acceptors (Lipinski definition) is 2. The van der Waals surface area contributed by atoms with Gasteiger partial charge in [0.25, 0.3) is 0 Å². The van der Waals surface area contributed by atoms with Gasteiger partial charge in [-0.1, -0.05) is 17.7 Å². The molecule has 1 atom stereocenters. The maximum Gasteiger partial charge on any atom is 0.138 e. The van der Waals surface area contributed by atoms with Crippen molar-refractivity contribution in [3.05, 3.63) is 29.3 Å². The first-order valence-electron chi connectivity index (χ1n) is 5.26. The summed E-state index contributed by atoms with van der Waals surface area (Å²) in [6.45, 7) is 1.43. The maximum atomic E-state index is 5.96. The molecule has 3 heteroatoms. The molecule has 1 radical (unpaired) electrons. The van der Waals surface area contributed by atoms with E-state index in [2.05, 4.69) is 6.07 Å². The molecule has 1 aromatic carbocycles. The van der Waals surface area contributed by atoms with E-state index in [0.717, 1.165) is 19.4 Å². The Morgan fingerprint density at radius 1 is 1.53 bits per heavy atom. The van der Waals surface area contributed by atoms with Gasteiger partial charge in [0, 0.05) is 6.61 Å². The average Bonchev–Trinajstić information content (AvgIpc) is 2.29. The van der Waals surface area contributed by atoms with Crippen LogP contribution in [0.4, 0.5) is 0 Å². The van der Waals surface area contributed by atoms with Gasteiger partial charge in [-0.3, -0.25) is 0 Å². The Hall–Kier alpha value is -0.730. The van der Waals surface area contributed by atoms with Gasteiger partial charge in [0.15, 0.2) is 0 Å². The van der Waals surface area contributed by atoms with Crippen LogP contribution in [0, 0.1) is 6.07 Å². The molecule has 15 heavy (non-hydrogen) atoms. The SMILES string of the molecule is Clc1cc[c]cc1OCC1CCCCO1. The summed E-state index contributed by atoms with van der Waals surface area (Å²) in [6.07, 6.45) is 3.68. The van der Waals surface area contributed by atoms with E-state index < -0.39 is 0 Å². The third-order valence-electron chi connectivity index (χ3n) is 2.47. The predicted octanol–water partition coefficient (Wildman–Crippen LogP) is 3.09. The lowest BCUT2D eigenvalue weighted by Crippen LogP contribution is -2.25. The number of halogens is 1. The quantitative estimate of drug-likeness (QED) is 0.787. The summed E-state index contributed by atoms with van der Waals surface area (Å²) in [5, 5.41) is 0.629. The summed E-state index contributed by atoms with van der Waals surface area (Å²) >= 11 is 5.96. The Morgan fingerprint density at radius 2 is 2.47 bits per heavy atom. The van der Waals surface area contributed by atoms with E-state index in [0.29, 0.717) is 17.4 Å². The molecule has 0 aromatic heterocycles. The number of benzene rings is 1. The minimum absolute atomic E-state index is 0.218. The highest BCUT2D eigenvalue weighted by Gasteiger charge is 2.14. The van der Waals surface area contributed by atoms with E-state index in [1.54, 1.807) is 18.2 Å². The molecule has 1 aliphatic heterocycles. The molecule has 1 aliphatic rings. The van der Waals surface area contributed by atoms with Crippen LogP contribution < -0.4 is 4.74 Å². The zero-order chi connectivity index (χ0) is 10.5. The van der Waals surface area contributed by atoms with Crippen molar-refractivity contribution in [1.29, 1.82) is 0 Å². The van der Waals surface area contributed by atoms with Crippen molar-refractivity contribution in [2.24, 2.45) is 0 Å². The molecule has 1 aromatic rings. The van der Waals surface area contributed by atoms with Crippen LogP contribution >= 0.6 is 11.6 Å². The molecule has 0 spiro atoms. The van der Waals surface area contributed by atoms with Crippen LogP contribution in [0.1, 0.15) is 19.3 Å². The predicted molar refractivity (Wildman–Crippen MR) is 59.4 cm³/mol. The maximum absolute atomic E-state index is 5.96. The van der Waals surface area contributed by atoms with Crippen molar-refractivity contribution in [2.45, 2.75) is 25.4 Å². The van der Waals surface area contributed by atoms with Gasteiger partial charge < -0.3 is 9.47 Å². The van der Waals surface area contributed by atoms with Crippen molar-refractivity contribution in [3.8, 4) is 5.75 Å². The van der Waals surface area contributed by atoms with E-state index in [1.807, 2.05) is 0 Å². The van der Waals surface area contributed by atoms with Crippen molar-refractivity contribution in [2.75, 3.05) is 13.2 Å². The first-order valence-corrected chi connectivity index (χ1v) is 5.64. The third-order valence-corrected chi connectivity index (χ3v) is 2.79. The summed E-state index contributed by atoms with van der Waals surface area (Å²) in [4.78, 5) is 0. The standard InChI is InChI=1S/C12H14ClO2/c13-11-6-1-2-7-12(11)15-9-10-5-3-4-8-14-10/h1,6-7,10H,3-5,8-9H2.